The number of nitrogens with zero attached hydrogens (tertiary/aromatic N) is 2. The molecule has 0 spiro atoms. The summed E-state index contributed by atoms with van der Waals surface area (Å²) in [6.07, 6.45) is 2.75. The van der Waals surface area contributed by atoms with E-state index in [0.717, 1.165) is 23.0 Å². The van der Waals surface area contributed by atoms with Gasteiger partial charge in [-0.2, -0.15) is 0 Å². The molecule has 0 N–H and O–H groups in total. The fourth-order valence-electron chi connectivity index (χ4n) is 2.20. The number of halogens is 2. The van der Waals surface area contributed by atoms with Crippen LogP contribution in [0.4, 0.5) is 5.82 Å². The van der Waals surface area contributed by atoms with Gasteiger partial charge in [-0.15, -0.1) is 0 Å². The minimum atomic E-state index is 0.182. The average Bonchev–Trinajstić information content (AvgIpc) is 2.96. The monoisotopic (exact) mass is 300 g/mol. The number of amides is 1. The van der Waals surface area contributed by atoms with Crippen LogP contribution in [0.3, 0.4) is 0 Å². The summed E-state index contributed by atoms with van der Waals surface area (Å²) in [6, 6.07) is 0. The first-order chi connectivity index (χ1) is 7.59. The quantitative estimate of drug-likeness (QED) is 0.799. The standard InChI is InChI=1S/C11H10BrClN2O/c1-5-8(12)3-14-10(9(5)13)15-4-6-2-7(6)11(15)16/h3,6-7H,2,4H2,1H3/t6-,7-/m1/s1. The fraction of sp³-hybridized carbons (Fsp3) is 0.455. The van der Waals surface area contributed by atoms with Gasteiger partial charge >= 0.3 is 0 Å². The van der Waals surface area contributed by atoms with Gasteiger partial charge in [0.25, 0.3) is 0 Å². The number of aromatic nitrogens is 1. The second-order valence-corrected chi connectivity index (χ2v) is 5.65. The molecule has 1 aliphatic carbocycles. The molecule has 1 amide bonds. The summed E-state index contributed by atoms with van der Waals surface area (Å²) < 4.78 is 0.873. The minimum absolute atomic E-state index is 0.182. The predicted octanol–water partition coefficient (Wildman–Crippen LogP) is 2.79. The molecule has 5 heteroatoms. The van der Waals surface area contributed by atoms with Gasteiger partial charge in [0.05, 0.1) is 5.02 Å². The van der Waals surface area contributed by atoms with Crippen molar-refractivity contribution in [1.82, 2.24) is 4.98 Å². The highest BCUT2D eigenvalue weighted by atomic mass is 79.9. The second kappa shape index (κ2) is 3.44. The molecule has 0 bridgehead atoms. The Balaban J connectivity index is 2.01. The number of carbonyl (C=O) groups is 1. The third-order valence-corrected chi connectivity index (χ3v) is 4.61. The van der Waals surface area contributed by atoms with Crippen LogP contribution in [-0.4, -0.2) is 17.4 Å². The molecule has 2 fully saturated rings. The van der Waals surface area contributed by atoms with Crippen LogP contribution < -0.4 is 4.90 Å². The molecule has 0 radical (unpaired) electrons. The zero-order chi connectivity index (χ0) is 11.4. The van der Waals surface area contributed by atoms with Crippen LogP contribution in [0.1, 0.15) is 12.0 Å². The summed E-state index contributed by atoms with van der Waals surface area (Å²) in [7, 11) is 0. The minimum Gasteiger partial charge on any atom is -0.295 e. The van der Waals surface area contributed by atoms with Gasteiger partial charge in [-0.05, 0) is 40.8 Å². The van der Waals surface area contributed by atoms with Crippen molar-refractivity contribution in [1.29, 1.82) is 0 Å². The Morgan fingerprint density at radius 1 is 1.62 bits per heavy atom. The third-order valence-electron chi connectivity index (χ3n) is 3.36. The van der Waals surface area contributed by atoms with E-state index in [2.05, 4.69) is 20.9 Å². The van der Waals surface area contributed by atoms with E-state index in [9.17, 15) is 4.79 Å². The largest absolute Gasteiger partial charge is 0.295 e. The van der Waals surface area contributed by atoms with E-state index in [1.54, 1.807) is 11.1 Å². The van der Waals surface area contributed by atoms with Crippen LogP contribution in [0.2, 0.25) is 5.02 Å². The van der Waals surface area contributed by atoms with Crippen molar-refractivity contribution < 1.29 is 4.79 Å². The van der Waals surface area contributed by atoms with Crippen molar-refractivity contribution >= 4 is 39.3 Å². The Hall–Kier alpha value is -0.610. The fourth-order valence-corrected chi connectivity index (χ4v) is 2.87. The van der Waals surface area contributed by atoms with Crippen LogP contribution in [0.5, 0.6) is 0 Å². The Bertz CT molecular complexity index is 491. The maximum Gasteiger partial charge on any atom is 0.231 e. The first-order valence-corrected chi connectivity index (χ1v) is 6.38. The summed E-state index contributed by atoms with van der Waals surface area (Å²) in [6.45, 7) is 2.69. The SMILES string of the molecule is Cc1c(Br)cnc(N2C[C@H]3C[C@H]3C2=O)c1Cl. The molecule has 2 heterocycles. The molecule has 0 unspecified atom stereocenters. The third kappa shape index (κ3) is 1.39. The van der Waals surface area contributed by atoms with Crippen molar-refractivity contribution in [3.05, 3.63) is 21.3 Å². The van der Waals surface area contributed by atoms with Crippen LogP contribution in [0.15, 0.2) is 10.7 Å². The highest BCUT2D eigenvalue weighted by Gasteiger charge is 2.53. The molecule has 1 saturated carbocycles. The zero-order valence-corrected chi connectivity index (χ0v) is 11.0. The molecule has 16 heavy (non-hydrogen) atoms. The maximum absolute atomic E-state index is 11.9. The molecule has 1 aliphatic heterocycles. The van der Waals surface area contributed by atoms with Crippen molar-refractivity contribution in [2.24, 2.45) is 11.8 Å². The number of hydrogen-bond acceptors (Lipinski definition) is 2. The average molecular weight is 302 g/mol. The topological polar surface area (TPSA) is 33.2 Å². The first-order valence-electron chi connectivity index (χ1n) is 5.21. The van der Waals surface area contributed by atoms with E-state index in [0.29, 0.717) is 16.8 Å². The van der Waals surface area contributed by atoms with E-state index in [-0.39, 0.29) is 11.8 Å². The van der Waals surface area contributed by atoms with Crippen molar-refractivity contribution in [2.75, 3.05) is 11.4 Å². The lowest BCUT2D eigenvalue weighted by Crippen LogP contribution is -2.29. The molecule has 3 rings (SSSR count). The van der Waals surface area contributed by atoms with Crippen LogP contribution in [0, 0.1) is 18.8 Å². The normalized spacial score (nSPS) is 27.2. The molecule has 0 aromatic carbocycles. The van der Waals surface area contributed by atoms with E-state index >= 15 is 0 Å². The smallest absolute Gasteiger partial charge is 0.231 e. The molecule has 1 aromatic heterocycles. The molecular formula is C11H10BrClN2O. The second-order valence-electron chi connectivity index (χ2n) is 4.42. The number of anilines is 1. The highest BCUT2D eigenvalue weighted by Crippen LogP contribution is 2.48. The summed E-state index contributed by atoms with van der Waals surface area (Å²) >= 11 is 9.59. The number of piperidine rings is 1. The lowest BCUT2D eigenvalue weighted by atomic mass is 10.3. The molecule has 84 valence electrons. The van der Waals surface area contributed by atoms with Crippen LogP contribution in [-0.2, 0) is 4.79 Å². The van der Waals surface area contributed by atoms with E-state index in [1.165, 1.54) is 0 Å². The molecular weight excluding hydrogens is 291 g/mol. The molecule has 2 aliphatic rings. The molecule has 1 aromatic rings. The highest BCUT2D eigenvalue weighted by molar-refractivity contribution is 9.10. The van der Waals surface area contributed by atoms with Gasteiger partial charge in [-0.1, -0.05) is 11.6 Å². The van der Waals surface area contributed by atoms with Crippen molar-refractivity contribution in [2.45, 2.75) is 13.3 Å². The first kappa shape index (κ1) is 10.5. The summed E-state index contributed by atoms with van der Waals surface area (Å²) in [5.41, 5.74) is 0.931. The van der Waals surface area contributed by atoms with Gasteiger partial charge in [-0.25, -0.2) is 4.98 Å². The lowest BCUT2D eigenvalue weighted by molar-refractivity contribution is -0.118. The Morgan fingerprint density at radius 2 is 2.38 bits per heavy atom. The Kier molecular flexibility index (Phi) is 2.27. The van der Waals surface area contributed by atoms with Crippen LogP contribution >= 0.6 is 27.5 Å². The number of rotatable bonds is 1. The van der Waals surface area contributed by atoms with Crippen molar-refractivity contribution in [3.8, 4) is 0 Å². The number of pyridine rings is 1. The van der Waals surface area contributed by atoms with Crippen molar-refractivity contribution in [3.63, 3.8) is 0 Å². The van der Waals surface area contributed by atoms with E-state index in [1.807, 2.05) is 6.92 Å². The van der Waals surface area contributed by atoms with Gasteiger partial charge in [0.15, 0.2) is 5.82 Å². The molecule has 2 atom stereocenters. The number of carbonyl (C=O) groups excluding carboxylic acids is 1. The molecule has 3 nitrogen and oxygen atoms in total. The Labute approximate surface area is 107 Å². The van der Waals surface area contributed by atoms with Gasteiger partial charge in [-0.3, -0.25) is 9.69 Å². The lowest BCUT2D eigenvalue weighted by Gasteiger charge is -2.19. The van der Waals surface area contributed by atoms with Gasteiger partial charge in [0, 0.05) is 23.1 Å². The van der Waals surface area contributed by atoms with Gasteiger partial charge < -0.3 is 0 Å². The summed E-state index contributed by atoms with van der Waals surface area (Å²) in [4.78, 5) is 17.9. The van der Waals surface area contributed by atoms with Gasteiger partial charge in [0.2, 0.25) is 5.91 Å². The number of fused-ring (bicyclic) bond motifs is 1. The zero-order valence-electron chi connectivity index (χ0n) is 8.70. The predicted molar refractivity (Wildman–Crippen MR) is 65.6 cm³/mol. The van der Waals surface area contributed by atoms with Crippen LogP contribution in [0.25, 0.3) is 0 Å². The summed E-state index contributed by atoms with van der Waals surface area (Å²) in [5, 5.41) is 0.573. The van der Waals surface area contributed by atoms with E-state index in [4.69, 9.17) is 11.6 Å². The van der Waals surface area contributed by atoms with E-state index < -0.39 is 0 Å². The Morgan fingerprint density at radius 3 is 3.00 bits per heavy atom. The summed E-state index contributed by atoms with van der Waals surface area (Å²) in [5.74, 6) is 1.57. The number of hydrogen-bond donors (Lipinski definition) is 0. The van der Waals surface area contributed by atoms with Gasteiger partial charge in [0.1, 0.15) is 0 Å². The maximum atomic E-state index is 11.9. The molecule has 1 saturated heterocycles.